The topological polar surface area (TPSA) is 45.6 Å². The summed E-state index contributed by atoms with van der Waals surface area (Å²) in [6, 6.07) is 7.86. The molecule has 0 aliphatic carbocycles. The zero-order chi connectivity index (χ0) is 12.3. The molecule has 1 aromatic carbocycles. The lowest BCUT2D eigenvalue weighted by molar-refractivity contribution is 0.304. The number of fused-ring (bicyclic) bond motifs is 1. The third kappa shape index (κ3) is 2.31. The maximum Gasteiger partial charge on any atom is 0.136 e. The van der Waals surface area contributed by atoms with Crippen molar-refractivity contribution in [2.24, 2.45) is 0 Å². The van der Waals surface area contributed by atoms with Crippen LogP contribution in [0.1, 0.15) is 0 Å². The Bertz CT molecular complexity index is 514. The molecule has 2 aromatic rings. The summed E-state index contributed by atoms with van der Waals surface area (Å²) in [4.78, 5) is 6.29. The first-order valence-corrected chi connectivity index (χ1v) is 5.51. The molecule has 0 bridgehead atoms. The van der Waals surface area contributed by atoms with Crippen LogP contribution in [-0.4, -0.2) is 37.4 Å². The molecule has 4 heteroatoms. The van der Waals surface area contributed by atoms with E-state index in [1.807, 2.05) is 36.2 Å². The highest BCUT2D eigenvalue weighted by Crippen LogP contribution is 2.27. The predicted molar refractivity (Wildman–Crippen MR) is 68.7 cm³/mol. The first kappa shape index (κ1) is 11.7. The van der Waals surface area contributed by atoms with Crippen LogP contribution in [0, 0.1) is 0 Å². The van der Waals surface area contributed by atoms with Crippen molar-refractivity contribution >= 4 is 16.6 Å². The van der Waals surface area contributed by atoms with Crippen molar-refractivity contribution in [2.75, 3.05) is 32.2 Å². The highest BCUT2D eigenvalue weighted by Gasteiger charge is 2.07. The van der Waals surface area contributed by atoms with Crippen molar-refractivity contribution in [2.45, 2.75) is 0 Å². The van der Waals surface area contributed by atoms with Crippen molar-refractivity contribution in [3.05, 3.63) is 30.5 Å². The Hall–Kier alpha value is -1.81. The number of nitrogens with zero attached hydrogens (tertiary/aromatic N) is 2. The Balaban J connectivity index is 2.54. The van der Waals surface area contributed by atoms with Crippen molar-refractivity contribution in [1.82, 2.24) is 4.98 Å². The largest absolute Gasteiger partial charge is 0.497 e. The summed E-state index contributed by atoms with van der Waals surface area (Å²) in [7, 11) is 3.56. The van der Waals surface area contributed by atoms with E-state index in [0.29, 0.717) is 6.54 Å². The molecule has 0 amide bonds. The number of pyridine rings is 1. The van der Waals surface area contributed by atoms with Crippen LogP contribution in [-0.2, 0) is 0 Å². The quantitative estimate of drug-likeness (QED) is 0.871. The maximum atomic E-state index is 8.98. The van der Waals surface area contributed by atoms with Crippen LogP contribution < -0.4 is 9.64 Å². The molecule has 0 saturated carbocycles. The number of aromatic nitrogens is 1. The first-order chi connectivity index (χ1) is 8.26. The average molecular weight is 232 g/mol. The number of likely N-dealkylation sites (N-methyl/N-ethyl adjacent to an activating group) is 1. The normalized spacial score (nSPS) is 10.5. The van der Waals surface area contributed by atoms with Gasteiger partial charge in [-0.25, -0.2) is 4.98 Å². The fourth-order valence-corrected chi connectivity index (χ4v) is 1.82. The van der Waals surface area contributed by atoms with Crippen LogP contribution in [0.15, 0.2) is 30.5 Å². The van der Waals surface area contributed by atoms with Gasteiger partial charge in [0.05, 0.1) is 13.7 Å². The second-order valence-electron chi connectivity index (χ2n) is 3.87. The van der Waals surface area contributed by atoms with Crippen LogP contribution in [0.5, 0.6) is 5.75 Å². The van der Waals surface area contributed by atoms with Crippen molar-refractivity contribution < 1.29 is 9.84 Å². The molecule has 0 radical (unpaired) electrons. The molecule has 0 atom stereocenters. The third-order valence-corrected chi connectivity index (χ3v) is 2.75. The number of aliphatic hydroxyl groups is 1. The molecular weight excluding hydrogens is 216 g/mol. The van der Waals surface area contributed by atoms with E-state index in [1.54, 1.807) is 13.3 Å². The zero-order valence-corrected chi connectivity index (χ0v) is 10.1. The minimum absolute atomic E-state index is 0.110. The highest BCUT2D eigenvalue weighted by atomic mass is 16.5. The van der Waals surface area contributed by atoms with Crippen LogP contribution in [0.2, 0.25) is 0 Å². The number of anilines is 1. The van der Waals surface area contributed by atoms with Gasteiger partial charge in [0.25, 0.3) is 0 Å². The second-order valence-corrected chi connectivity index (χ2v) is 3.87. The molecule has 0 aliphatic rings. The SMILES string of the molecule is COc1ccc2ccnc(N(C)CCO)c2c1. The molecule has 1 aromatic heterocycles. The Morgan fingerprint density at radius 3 is 2.88 bits per heavy atom. The molecule has 17 heavy (non-hydrogen) atoms. The molecule has 2 rings (SSSR count). The minimum Gasteiger partial charge on any atom is -0.497 e. The van der Waals surface area contributed by atoms with Gasteiger partial charge in [-0.05, 0) is 23.6 Å². The summed E-state index contributed by atoms with van der Waals surface area (Å²) in [6.45, 7) is 0.669. The number of hydrogen-bond donors (Lipinski definition) is 1. The maximum absolute atomic E-state index is 8.98. The van der Waals surface area contributed by atoms with E-state index < -0.39 is 0 Å². The highest BCUT2D eigenvalue weighted by molar-refractivity contribution is 5.93. The molecule has 0 saturated heterocycles. The standard InChI is InChI=1S/C13H16N2O2/c1-15(7-8-16)13-12-9-11(17-2)4-3-10(12)5-6-14-13/h3-6,9,16H,7-8H2,1-2H3. The Morgan fingerprint density at radius 2 is 2.18 bits per heavy atom. The lowest BCUT2D eigenvalue weighted by Crippen LogP contribution is -2.22. The van der Waals surface area contributed by atoms with Gasteiger partial charge >= 0.3 is 0 Å². The summed E-state index contributed by atoms with van der Waals surface area (Å²) >= 11 is 0. The molecular formula is C13H16N2O2. The molecule has 90 valence electrons. The number of benzene rings is 1. The van der Waals surface area contributed by atoms with Crippen molar-refractivity contribution in [1.29, 1.82) is 0 Å². The van der Waals surface area contributed by atoms with Gasteiger partial charge in [0.15, 0.2) is 0 Å². The minimum atomic E-state index is 0.110. The summed E-state index contributed by atoms with van der Waals surface area (Å²) in [5.74, 6) is 1.67. The van der Waals surface area contributed by atoms with E-state index in [9.17, 15) is 0 Å². The van der Waals surface area contributed by atoms with Crippen LogP contribution >= 0.6 is 0 Å². The first-order valence-electron chi connectivity index (χ1n) is 5.51. The molecule has 0 fully saturated rings. The third-order valence-electron chi connectivity index (χ3n) is 2.75. The molecule has 4 nitrogen and oxygen atoms in total. The smallest absolute Gasteiger partial charge is 0.136 e. The number of methoxy groups -OCH3 is 1. The Kier molecular flexibility index (Phi) is 3.44. The van der Waals surface area contributed by atoms with E-state index in [2.05, 4.69) is 4.98 Å². The summed E-state index contributed by atoms with van der Waals surface area (Å²) in [5, 5.41) is 11.1. The van der Waals surface area contributed by atoms with Gasteiger partial charge in [0.1, 0.15) is 11.6 Å². The number of rotatable bonds is 4. The zero-order valence-electron chi connectivity index (χ0n) is 10.1. The number of aliphatic hydroxyl groups excluding tert-OH is 1. The van der Waals surface area contributed by atoms with Gasteiger partial charge in [-0.1, -0.05) is 6.07 Å². The average Bonchev–Trinajstić information content (AvgIpc) is 2.37. The van der Waals surface area contributed by atoms with E-state index in [-0.39, 0.29) is 6.61 Å². The monoisotopic (exact) mass is 232 g/mol. The molecule has 0 spiro atoms. The number of ether oxygens (including phenoxy) is 1. The van der Waals surface area contributed by atoms with Gasteiger partial charge in [-0.3, -0.25) is 0 Å². The summed E-state index contributed by atoms with van der Waals surface area (Å²) in [6.07, 6.45) is 1.78. The van der Waals surface area contributed by atoms with E-state index in [1.165, 1.54) is 0 Å². The molecule has 0 aliphatic heterocycles. The van der Waals surface area contributed by atoms with Gasteiger partial charge in [-0.15, -0.1) is 0 Å². The van der Waals surface area contributed by atoms with Crippen LogP contribution in [0.4, 0.5) is 5.82 Å². The lowest BCUT2D eigenvalue weighted by atomic mass is 10.1. The summed E-state index contributed by atoms with van der Waals surface area (Å²) < 4.78 is 5.22. The van der Waals surface area contributed by atoms with Gasteiger partial charge in [0.2, 0.25) is 0 Å². The Labute approximate surface area is 100 Å². The fraction of sp³-hybridized carbons (Fsp3) is 0.308. The lowest BCUT2D eigenvalue weighted by Gasteiger charge is -2.18. The van der Waals surface area contributed by atoms with E-state index in [0.717, 1.165) is 22.3 Å². The molecule has 1 heterocycles. The van der Waals surface area contributed by atoms with E-state index >= 15 is 0 Å². The second kappa shape index (κ2) is 5.01. The van der Waals surface area contributed by atoms with Gasteiger partial charge in [0, 0.05) is 25.2 Å². The van der Waals surface area contributed by atoms with Crippen LogP contribution in [0.3, 0.4) is 0 Å². The molecule has 0 unspecified atom stereocenters. The van der Waals surface area contributed by atoms with Crippen LogP contribution in [0.25, 0.3) is 10.8 Å². The Morgan fingerprint density at radius 1 is 1.35 bits per heavy atom. The number of hydrogen-bond acceptors (Lipinski definition) is 4. The van der Waals surface area contributed by atoms with Crippen molar-refractivity contribution in [3.8, 4) is 5.75 Å². The molecule has 1 N–H and O–H groups in total. The van der Waals surface area contributed by atoms with E-state index in [4.69, 9.17) is 9.84 Å². The predicted octanol–water partition coefficient (Wildman–Crippen LogP) is 1.67. The van der Waals surface area contributed by atoms with Gasteiger partial charge < -0.3 is 14.7 Å². The van der Waals surface area contributed by atoms with Crippen molar-refractivity contribution in [3.63, 3.8) is 0 Å². The summed E-state index contributed by atoms with van der Waals surface area (Å²) in [5.41, 5.74) is 0. The van der Waals surface area contributed by atoms with Gasteiger partial charge in [-0.2, -0.15) is 0 Å². The fourth-order valence-electron chi connectivity index (χ4n) is 1.82.